The maximum absolute atomic E-state index is 10.9. The second-order valence-corrected chi connectivity index (χ2v) is 3.91. The SMILES string of the molecule is O=C1O[C@H]([C@@H](O)CO)C(O)=C1OP(=O)([O-])[O-].[Ba+2]. The zero-order valence-corrected chi connectivity index (χ0v) is 13.6. The monoisotopic (exact) mass is 392 g/mol. The molecule has 0 bridgehead atoms. The maximum Gasteiger partial charge on any atom is 2.00 e. The van der Waals surface area contributed by atoms with Crippen LogP contribution in [0.3, 0.4) is 0 Å². The van der Waals surface area contributed by atoms with E-state index in [1.165, 1.54) is 0 Å². The van der Waals surface area contributed by atoms with Gasteiger partial charge in [-0.2, -0.15) is 0 Å². The Morgan fingerprint density at radius 1 is 1.53 bits per heavy atom. The van der Waals surface area contributed by atoms with Gasteiger partial charge in [0.1, 0.15) is 13.9 Å². The maximum atomic E-state index is 10.9. The van der Waals surface area contributed by atoms with Gasteiger partial charge >= 0.3 is 54.9 Å². The van der Waals surface area contributed by atoms with Gasteiger partial charge in [-0.1, -0.05) is 0 Å². The molecule has 0 aromatic heterocycles. The Bertz CT molecular complexity index is 374. The molecule has 1 rings (SSSR count). The predicted molar refractivity (Wildman–Crippen MR) is 47.1 cm³/mol. The van der Waals surface area contributed by atoms with Crippen LogP contribution in [0.15, 0.2) is 11.5 Å². The van der Waals surface area contributed by atoms with Crippen molar-refractivity contribution in [1.82, 2.24) is 0 Å². The second-order valence-electron chi connectivity index (χ2n) is 2.83. The molecule has 11 heteroatoms. The number of ether oxygens (including phenoxy) is 1. The van der Waals surface area contributed by atoms with Crippen molar-refractivity contribution in [1.29, 1.82) is 0 Å². The molecule has 17 heavy (non-hydrogen) atoms. The molecular formula is C6H7BaO9P. The molecule has 2 atom stereocenters. The van der Waals surface area contributed by atoms with Gasteiger partial charge in [-0.15, -0.1) is 0 Å². The van der Waals surface area contributed by atoms with Crippen LogP contribution in [0, 0.1) is 0 Å². The van der Waals surface area contributed by atoms with Gasteiger partial charge in [0, 0.05) is 0 Å². The Kier molecular flexibility index (Phi) is 6.74. The summed E-state index contributed by atoms with van der Waals surface area (Å²) < 4.78 is 18.2. The Hall–Kier alpha value is 0.451. The Labute approximate surface area is 135 Å². The van der Waals surface area contributed by atoms with Gasteiger partial charge in [0.05, 0.1) is 6.61 Å². The molecule has 0 aromatic rings. The van der Waals surface area contributed by atoms with Crippen LogP contribution < -0.4 is 9.79 Å². The number of phosphoric ester groups is 1. The van der Waals surface area contributed by atoms with Crippen LogP contribution in [-0.2, 0) is 18.6 Å². The number of rotatable bonds is 4. The smallest absolute Gasteiger partial charge is 0.780 e. The number of hydrogen-bond donors (Lipinski definition) is 3. The Morgan fingerprint density at radius 2 is 2.06 bits per heavy atom. The molecule has 0 spiro atoms. The van der Waals surface area contributed by atoms with Gasteiger partial charge in [-0.3, -0.25) is 0 Å². The van der Waals surface area contributed by atoms with E-state index in [2.05, 4.69) is 9.26 Å². The first-order valence-corrected chi connectivity index (χ1v) is 5.37. The quantitative estimate of drug-likeness (QED) is 0.251. The van der Waals surface area contributed by atoms with E-state index in [1.54, 1.807) is 0 Å². The minimum absolute atomic E-state index is 0. The van der Waals surface area contributed by atoms with Gasteiger partial charge in [0.2, 0.25) is 0 Å². The number of esters is 1. The van der Waals surface area contributed by atoms with Crippen molar-refractivity contribution < 1.29 is 43.7 Å². The van der Waals surface area contributed by atoms with E-state index in [4.69, 9.17) is 10.2 Å². The minimum Gasteiger partial charge on any atom is -0.780 e. The summed E-state index contributed by atoms with van der Waals surface area (Å²) in [6.45, 7) is -0.846. The van der Waals surface area contributed by atoms with E-state index < -0.39 is 44.1 Å². The molecule has 3 N–H and O–H groups in total. The number of hydrogen-bond acceptors (Lipinski definition) is 9. The van der Waals surface area contributed by atoms with Crippen molar-refractivity contribution in [3.63, 3.8) is 0 Å². The minimum atomic E-state index is -5.52. The van der Waals surface area contributed by atoms with E-state index in [9.17, 15) is 24.3 Å². The first kappa shape index (κ1) is 17.5. The standard InChI is InChI=1S/C6H9O9P.Ba/c7-1-2(8)4-3(9)5(6(10)14-4)15-16(11,12)13;/h2,4,7-9H,1H2,(H2,11,12,13);/q;+2/p-2/t2-,4+;/m0./s1. The van der Waals surface area contributed by atoms with E-state index in [0.29, 0.717) is 0 Å². The van der Waals surface area contributed by atoms with Crippen LogP contribution in [0.2, 0.25) is 0 Å². The largest absolute Gasteiger partial charge is 2.00 e. The number of carbonyl (C=O) groups excluding carboxylic acids is 1. The average molecular weight is 391 g/mol. The third kappa shape index (κ3) is 4.56. The summed E-state index contributed by atoms with van der Waals surface area (Å²) in [7, 11) is -5.52. The molecule has 1 heterocycles. The Balaban J connectivity index is 0.00000256. The Morgan fingerprint density at radius 3 is 2.47 bits per heavy atom. The van der Waals surface area contributed by atoms with Crippen molar-refractivity contribution in [2.24, 2.45) is 0 Å². The molecule has 9 nitrogen and oxygen atoms in total. The van der Waals surface area contributed by atoms with Crippen LogP contribution in [0.1, 0.15) is 0 Å². The van der Waals surface area contributed by atoms with Crippen LogP contribution in [0.4, 0.5) is 0 Å². The molecule has 1 aliphatic heterocycles. The number of phosphoric acid groups is 1. The molecular weight excluding hydrogens is 384 g/mol. The summed E-state index contributed by atoms with van der Waals surface area (Å²) in [6, 6.07) is 0. The molecule has 0 fully saturated rings. The van der Waals surface area contributed by atoms with E-state index in [-0.39, 0.29) is 48.9 Å². The van der Waals surface area contributed by atoms with Crippen LogP contribution in [-0.4, -0.2) is 89.0 Å². The summed E-state index contributed by atoms with van der Waals surface area (Å²) in [6.07, 6.45) is -3.30. The van der Waals surface area contributed by atoms with Gasteiger partial charge in [-0.05, 0) is 0 Å². The van der Waals surface area contributed by atoms with Gasteiger partial charge in [0.25, 0.3) is 5.76 Å². The summed E-state index contributed by atoms with van der Waals surface area (Å²) in [5.74, 6) is -3.67. The molecule has 0 aliphatic carbocycles. The van der Waals surface area contributed by atoms with Crippen LogP contribution >= 0.6 is 7.82 Å². The molecule has 0 amide bonds. The number of carbonyl (C=O) groups is 1. The summed E-state index contributed by atoms with van der Waals surface area (Å²) >= 11 is 0. The second kappa shape index (κ2) is 6.57. The van der Waals surface area contributed by atoms with E-state index in [1.807, 2.05) is 0 Å². The topological polar surface area (TPSA) is 159 Å². The fourth-order valence-electron chi connectivity index (χ4n) is 1.01. The van der Waals surface area contributed by atoms with Crippen LogP contribution in [0.25, 0.3) is 0 Å². The van der Waals surface area contributed by atoms with Gasteiger partial charge in [0.15, 0.2) is 11.9 Å². The van der Waals surface area contributed by atoms with Crippen molar-refractivity contribution in [3.8, 4) is 0 Å². The van der Waals surface area contributed by atoms with Gasteiger partial charge in [-0.25, -0.2) is 4.79 Å². The van der Waals surface area contributed by atoms with Crippen molar-refractivity contribution in [2.75, 3.05) is 6.61 Å². The van der Waals surface area contributed by atoms with E-state index in [0.717, 1.165) is 0 Å². The zero-order chi connectivity index (χ0) is 12.5. The summed E-state index contributed by atoms with van der Waals surface area (Å²) in [5, 5.41) is 26.8. The zero-order valence-electron chi connectivity index (χ0n) is 8.31. The number of cyclic esters (lactones) is 1. The number of aliphatic hydroxyl groups is 3. The van der Waals surface area contributed by atoms with Crippen LogP contribution in [0.5, 0.6) is 0 Å². The molecule has 0 saturated heterocycles. The summed E-state index contributed by atoms with van der Waals surface area (Å²) in [4.78, 5) is 31.4. The first-order valence-electron chi connectivity index (χ1n) is 3.91. The van der Waals surface area contributed by atoms with Gasteiger partial charge < -0.3 is 38.9 Å². The summed E-state index contributed by atoms with van der Waals surface area (Å²) in [5.41, 5.74) is 0. The fraction of sp³-hybridized carbons (Fsp3) is 0.500. The normalized spacial score (nSPS) is 21.9. The van der Waals surface area contributed by atoms with Crippen molar-refractivity contribution in [3.05, 3.63) is 11.5 Å². The average Bonchev–Trinajstić information content (AvgIpc) is 2.42. The molecule has 0 radical (unpaired) electrons. The molecule has 0 aromatic carbocycles. The third-order valence-corrected chi connectivity index (χ3v) is 2.07. The predicted octanol–water partition coefficient (Wildman–Crippen LogP) is -3.50. The molecule has 1 aliphatic rings. The molecule has 92 valence electrons. The molecule has 0 unspecified atom stereocenters. The van der Waals surface area contributed by atoms with Crippen molar-refractivity contribution in [2.45, 2.75) is 12.2 Å². The van der Waals surface area contributed by atoms with Crippen molar-refractivity contribution >= 4 is 62.7 Å². The van der Waals surface area contributed by atoms with E-state index >= 15 is 0 Å². The number of aliphatic hydroxyl groups excluding tert-OH is 3. The third-order valence-electron chi connectivity index (χ3n) is 1.66. The molecule has 0 saturated carbocycles. The first-order chi connectivity index (χ1) is 7.26. The fourth-order valence-corrected chi connectivity index (χ4v) is 1.40.